The van der Waals surface area contributed by atoms with Gasteiger partial charge in [0, 0.05) is 0 Å². The molecule has 3 aliphatic rings. The molecule has 0 spiro atoms. The number of fused-ring (bicyclic) bond motifs is 1. The summed E-state index contributed by atoms with van der Waals surface area (Å²) in [5.74, 6) is -0.377. The summed E-state index contributed by atoms with van der Waals surface area (Å²) < 4.78 is 28.3. The molecule has 0 aliphatic carbocycles. The normalized spacial score (nSPS) is 42.1. The van der Waals surface area contributed by atoms with Gasteiger partial charge in [-0.3, -0.25) is 0 Å². The van der Waals surface area contributed by atoms with Gasteiger partial charge in [-0.1, -0.05) is 0 Å². The van der Waals surface area contributed by atoms with Gasteiger partial charge in [-0.15, -0.1) is 0 Å². The SMILES string of the molecule is CC1(C)OC2C=C([C@H]3COC(C)(C)O3)OC2O1. The predicted octanol–water partition coefficient (Wildman–Crippen LogP) is 1.53. The Morgan fingerprint density at radius 3 is 2.41 bits per heavy atom. The van der Waals surface area contributed by atoms with Crippen molar-refractivity contribution in [1.82, 2.24) is 0 Å². The average molecular weight is 242 g/mol. The first kappa shape index (κ1) is 11.5. The first-order valence-corrected chi connectivity index (χ1v) is 5.90. The molecule has 3 rings (SSSR count). The second kappa shape index (κ2) is 3.45. The highest BCUT2D eigenvalue weighted by Crippen LogP contribution is 2.38. The number of rotatable bonds is 1. The van der Waals surface area contributed by atoms with Gasteiger partial charge in [0.2, 0.25) is 6.29 Å². The van der Waals surface area contributed by atoms with Gasteiger partial charge in [-0.25, -0.2) is 0 Å². The van der Waals surface area contributed by atoms with E-state index in [2.05, 4.69) is 0 Å². The molecule has 0 aromatic rings. The van der Waals surface area contributed by atoms with Gasteiger partial charge in [-0.2, -0.15) is 0 Å². The molecule has 0 aromatic heterocycles. The molecule has 96 valence electrons. The lowest BCUT2D eigenvalue weighted by molar-refractivity contribution is -0.188. The molecule has 0 bridgehead atoms. The monoisotopic (exact) mass is 242 g/mol. The fraction of sp³-hybridized carbons (Fsp3) is 0.833. The highest BCUT2D eigenvalue weighted by Gasteiger charge is 2.48. The molecule has 0 aromatic carbocycles. The van der Waals surface area contributed by atoms with E-state index in [4.69, 9.17) is 23.7 Å². The summed E-state index contributed by atoms with van der Waals surface area (Å²) in [6, 6.07) is 0. The van der Waals surface area contributed by atoms with Crippen molar-refractivity contribution < 1.29 is 23.7 Å². The van der Waals surface area contributed by atoms with Gasteiger partial charge in [-0.05, 0) is 33.8 Å². The van der Waals surface area contributed by atoms with Crippen LogP contribution >= 0.6 is 0 Å². The van der Waals surface area contributed by atoms with E-state index in [0.717, 1.165) is 5.76 Å². The zero-order valence-corrected chi connectivity index (χ0v) is 10.6. The van der Waals surface area contributed by atoms with Crippen LogP contribution in [0.15, 0.2) is 11.8 Å². The molecule has 3 heterocycles. The van der Waals surface area contributed by atoms with Crippen molar-refractivity contribution in [3.05, 3.63) is 11.8 Å². The maximum Gasteiger partial charge on any atom is 0.232 e. The van der Waals surface area contributed by atoms with Crippen LogP contribution in [0.5, 0.6) is 0 Å². The molecule has 3 aliphatic heterocycles. The third-order valence-corrected chi connectivity index (χ3v) is 2.99. The van der Waals surface area contributed by atoms with Gasteiger partial charge in [0.05, 0.1) is 6.61 Å². The molecule has 2 unspecified atom stereocenters. The second-order valence-electron chi connectivity index (χ2n) is 5.47. The van der Waals surface area contributed by atoms with Gasteiger partial charge in [0.1, 0.15) is 18.0 Å². The molecular formula is C12H18O5. The van der Waals surface area contributed by atoms with Gasteiger partial charge >= 0.3 is 0 Å². The summed E-state index contributed by atoms with van der Waals surface area (Å²) in [4.78, 5) is 0. The lowest BCUT2D eigenvalue weighted by atomic mass is 10.2. The van der Waals surface area contributed by atoms with E-state index in [1.54, 1.807) is 0 Å². The van der Waals surface area contributed by atoms with E-state index >= 15 is 0 Å². The largest absolute Gasteiger partial charge is 0.463 e. The molecule has 2 saturated heterocycles. The fourth-order valence-electron chi connectivity index (χ4n) is 2.31. The second-order valence-corrected chi connectivity index (χ2v) is 5.47. The average Bonchev–Trinajstić information content (AvgIpc) is 2.75. The quantitative estimate of drug-likeness (QED) is 0.697. The van der Waals surface area contributed by atoms with Gasteiger partial charge < -0.3 is 23.7 Å². The minimum atomic E-state index is -0.580. The van der Waals surface area contributed by atoms with E-state index in [1.807, 2.05) is 33.8 Å². The topological polar surface area (TPSA) is 46.2 Å². The third-order valence-electron chi connectivity index (χ3n) is 2.99. The van der Waals surface area contributed by atoms with Crippen LogP contribution in [0.1, 0.15) is 27.7 Å². The summed E-state index contributed by atoms with van der Waals surface area (Å²) in [5.41, 5.74) is 0. The highest BCUT2D eigenvalue weighted by atomic mass is 16.8. The Labute approximate surface area is 101 Å². The molecular weight excluding hydrogens is 224 g/mol. The van der Waals surface area contributed by atoms with E-state index in [-0.39, 0.29) is 18.5 Å². The maximum atomic E-state index is 5.72. The Morgan fingerprint density at radius 1 is 1.06 bits per heavy atom. The zero-order chi connectivity index (χ0) is 12.3. The van der Waals surface area contributed by atoms with E-state index < -0.39 is 11.6 Å². The molecule has 5 nitrogen and oxygen atoms in total. The van der Waals surface area contributed by atoms with Gasteiger partial charge in [0.25, 0.3) is 0 Å². The smallest absolute Gasteiger partial charge is 0.232 e. The predicted molar refractivity (Wildman–Crippen MR) is 57.9 cm³/mol. The van der Waals surface area contributed by atoms with Crippen molar-refractivity contribution >= 4 is 0 Å². The molecule has 3 atom stereocenters. The summed E-state index contributed by atoms with van der Waals surface area (Å²) in [6.07, 6.45) is 1.26. The Balaban J connectivity index is 1.69. The maximum absolute atomic E-state index is 5.72. The molecule has 17 heavy (non-hydrogen) atoms. The van der Waals surface area contributed by atoms with E-state index in [0.29, 0.717) is 6.61 Å². The van der Waals surface area contributed by atoms with Crippen molar-refractivity contribution in [3.63, 3.8) is 0 Å². The molecule has 5 heteroatoms. The molecule has 0 radical (unpaired) electrons. The minimum Gasteiger partial charge on any atom is -0.463 e. The Hall–Kier alpha value is -0.620. The molecule has 0 saturated carbocycles. The van der Waals surface area contributed by atoms with Crippen LogP contribution < -0.4 is 0 Å². The van der Waals surface area contributed by atoms with Crippen molar-refractivity contribution in [2.75, 3.05) is 6.61 Å². The van der Waals surface area contributed by atoms with Crippen LogP contribution in [0.4, 0.5) is 0 Å². The van der Waals surface area contributed by atoms with Crippen molar-refractivity contribution in [2.24, 2.45) is 0 Å². The lowest BCUT2D eigenvalue weighted by Crippen LogP contribution is -2.25. The standard InChI is InChI=1S/C12H18O5/c1-11(2)13-6-9(16-11)7-5-8-10(14-7)17-12(3,4)15-8/h5,8-10H,6H2,1-4H3/t8?,9-,10?/m1/s1. The van der Waals surface area contributed by atoms with Crippen LogP contribution in [-0.4, -0.2) is 36.7 Å². The summed E-state index contributed by atoms with van der Waals surface area (Å²) in [5, 5.41) is 0. The van der Waals surface area contributed by atoms with Gasteiger partial charge in [0.15, 0.2) is 11.6 Å². The fourth-order valence-corrected chi connectivity index (χ4v) is 2.31. The molecule has 2 fully saturated rings. The molecule has 0 N–H and O–H groups in total. The van der Waals surface area contributed by atoms with Crippen molar-refractivity contribution in [3.8, 4) is 0 Å². The number of hydrogen-bond donors (Lipinski definition) is 0. The Morgan fingerprint density at radius 2 is 1.82 bits per heavy atom. The van der Waals surface area contributed by atoms with E-state index in [1.165, 1.54) is 0 Å². The van der Waals surface area contributed by atoms with Crippen molar-refractivity contribution in [1.29, 1.82) is 0 Å². The first-order valence-electron chi connectivity index (χ1n) is 5.90. The van der Waals surface area contributed by atoms with Crippen LogP contribution in [0.3, 0.4) is 0 Å². The minimum absolute atomic E-state index is 0.146. The lowest BCUT2D eigenvalue weighted by Gasteiger charge is -2.20. The van der Waals surface area contributed by atoms with Crippen LogP contribution in [0.2, 0.25) is 0 Å². The number of ether oxygens (including phenoxy) is 5. The third kappa shape index (κ3) is 2.08. The van der Waals surface area contributed by atoms with Crippen LogP contribution in [-0.2, 0) is 23.7 Å². The van der Waals surface area contributed by atoms with E-state index in [9.17, 15) is 0 Å². The Bertz CT molecular complexity index is 360. The summed E-state index contributed by atoms with van der Waals surface area (Å²) >= 11 is 0. The molecule has 0 amide bonds. The Kier molecular flexibility index (Phi) is 2.32. The van der Waals surface area contributed by atoms with Crippen LogP contribution in [0.25, 0.3) is 0 Å². The van der Waals surface area contributed by atoms with Crippen molar-refractivity contribution in [2.45, 2.75) is 57.8 Å². The highest BCUT2D eigenvalue weighted by molar-refractivity contribution is 5.13. The zero-order valence-electron chi connectivity index (χ0n) is 10.6. The summed E-state index contributed by atoms with van der Waals surface area (Å²) in [7, 11) is 0. The first-order chi connectivity index (χ1) is 7.85. The van der Waals surface area contributed by atoms with Crippen LogP contribution in [0, 0.1) is 0 Å². The number of hydrogen-bond acceptors (Lipinski definition) is 5. The summed E-state index contributed by atoms with van der Waals surface area (Å²) in [6.45, 7) is 8.03.